The fraction of sp³-hybridized carbons (Fsp3) is 0.312. The Morgan fingerprint density at radius 1 is 1.25 bits per heavy atom. The first-order valence-electron chi connectivity index (χ1n) is 6.51. The van der Waals surface area contributed by atoms with E-state index in [2.05, 4.69) is 17.1 Å². The van der Waals surface area contributed by atoms with E-state index in [-0.39, 0.29) is 0 Å². The number of nitrogens with two attached hydrogens (primary N) is 1. The molecule has 0 spiro atoms. The van der Waals surface area contributed by atoms with Gasteiger partial charge in [-0.2, -0.15) is 0 Å². The lowest BCUT2D eigenvalue weighted by Gasteiger charge is -2.12. The van der Waals surface area contributed by atoms with Crippen molar-refractivity contribution < 1.29 is 4.74 Å². The summed E-state index contributed by atoms with van der Waals surface area (Å²) in [6, 6.07) is 6.14. The van der Waals surface area contributed by atoms with Crippen molar-refractivity contribution in [2.45, 2.75) is 31.4 Å². The minimum absolute atomic E-state index is 0.787. The third-order valence-corrected chi connectivity index (χ3v) is 4.38. The van der Waals surface area contributed by atoms with Gasteiger partial charge in [-0.05, 0) is 38.5 Å². The number of hydrogen-bond donors (Lipinski definition) is 1. The number of pyridine rings is 1. The number of rotatable bonds is 4. The number of aryl methyl sites for hydroxylation is 2. The van der Waals surface area contributed by atoms with Crippen LogP contribution in [-0.2, 0) is 5.75 Å². The van der Waals surface area contributed by atoms with Crippen LogP contribution in [0.5, 0.6) is 5.75 Å². The molecule has 1 heterocycles. The van der Waals surface area contributed by atoms with Gasteiger partial charge in [0.1, 0.15) is 5.75 Å². The monoisotopic (exact) mass is 288 g/mol. The maximum Gasteiger partial charge on any atom is 0.128 e. The van der Waals surface area contributed by atoms with Crippen LogP contribution in [0.25, 0.3) is 0 Å². The quantitative estimate of drug-likeness (QED) is 0.685. The molecular weight excluding hydrogens is 268 g/mol. The topological polar surface area (TPSA) is 48.1 Å². The average Bonchev–Trinajstić information content (AvgIpc) is 2.40. The molecule has 0 saturated carbocycles. The number of anilines is 1. The molecule has 0 fully saturated rings. The Morgan fingerprint density at radius 2 is 2.00 bits per heavy atom. The Balaban J connectivity index is 2.19. The Labute approximate surface area is 124 Å². The van der Waals surface area contributed by atoms with Crippen molar-refractivity contribution in [3.8, 4) is 5.75 Å². The lowest BCUT2D eigenvalue weighted by Crippen LogP contribution is -1.99. The SMILES string of the molecule is COc1c(C)cnc(CSc2ccc(C)cc2N)c1C. The number of nitrogens with zero attached hydrogens (tertiary/aromatic N) is 1. The normalized spacial score (nSPS) is 10.6. The first-order valence-corrected chi connectivity index (χ1v) is 7.49. The van der Waals surface area contributed by atoms with E-state index < -0.39 is 0 Å². The third-order valence-electron chi connectivity index (χ3n) is 3.28. The summed E-state index contributed by atoms with van der Waals surface area (Å²) >= 11 is 1.71. The first kappa shape index (κ1) is 14.7. The molecule has 0 aliphatic carbocycles. The van der Waals surface area contributed by atoms with Crippen LogP contribution in [0.3, 0.4) is 0 Å². The van der Waals surface area contributed by atoms with Crippen LogP contribution in [0.15, 0.2) is 29.3 Å². The van der Waals surface area contributed by atoms with Crippen LogP contribution in [0.1, 0.15) is 22.4 Å². The lowest BCUT2D eigenvalue weighted by atomic mass is 10.1. The Bertz CT molecular complexity index is 626. The molecule has 0 aliphatic heterocycles. The third kappa shape index (κ3) is 3.07. The van der Waals surface area contributed by atoms with Gasteiger partial charge in [0.2, 0.25) is 0 Å². The molecular formula is C16H20N2OS. The zero-order valence-electron chi connectivity index (χ0n) is 12.4. The zero-order valence-corrected chi connectivity index (χ0v) is 13.2. The van der Waals surface area contributed by atoms with Gasteiger partial charge in [0.25, 0.3) is 0 Å². The smallest absolute Gasteiger partial charge is 0.128 e. The van der Waals surface area contributed by atoms with Gasteiger partial charge in [-0.1, -0.05) is 6.07 Å². The average molecular weight is 288 g/mol. The molecule has 0 unspecified atom stereocenters. The number of hydrogen-bond acceptors (Lipinski definition) is 4. The molecule has 0 radical (unpaired) electrons. The highest BCUT2D eigenvalue weighted by Crippen LogP contribution is 2.31. The van der Waals surface area contributed by atoms with Gasteiger partial charge >= 0.3 is 0 Å². The predicted octanol–water partition coefficient (Wildman–Crippen LogP) is 3.89. The van der Waals surface area contributed by atoms with E-state index in [4.69, 9.17) is 10.5 Å². The molecule has 20 heavy (non-hydrogen) atoms. The summed E-state index contributed by atoms with van der Waals surface area (Å²) in [6.45, 7) is 6.10. The van der Waals surface area contributed by atoms with Crippen LogP contribution < -0.4 is 10.5 Å². The van der Waals surface area contributed by atoms with Crippen molar-refractivity contribution >= 4 is 17.4 Å². The van der Waals surface area contributed by atoms with Crippen LogP contribution in [-0.4, -0.2) is 12.1 Å². The number of ether oxygens (including phenoxy) is 1. The fourth-order valence-electron chi connectivity index (χ4n) is 2.16. The summed E-state index contributed by atoms with van der Waals surface area (Å²) < 4.78 is 5.43. The molecule has 0 saturated heterocycles. The van der Waals surface area contributed by atoms with E-state index in [0.717, 1.165) is 38.9 Å². The van der Waals surface area contributed by atoms with Crippen molar-refractivity contribution in [3.63, 3.8) is 0 Å². The number of aromatic nitrogens is 1. The van der Waals surface area contributed by atoms with E-state index in [1.807, 2.05) is 33.0 Å². The second kappa shape index (κ2) is 6.18. The van der Waals surface area contributed by atoms with Crippen LogP contribution in [0, 0.1) is 20.8 Å². The van der Waals surface area contributed by atoms with E-state index in [1.54, 1.807) is 18.9 Å². The highest BCUT2D eigenvalue weighted by atomic mass is 32.2. The van der Waals surface area contributed by atoms with Gasteiger partial charge in [-0.15, -0.1) is 11.8 Å². The Hall–Kier alpha value is -1.68. The molecule has 2 rings (SSSR count). The van der Waals surface area contributed by atoms with Crippen LogP contribution in [0.2, 0.25) is 0 Å². The second-order valence-corrected chi connectivity index (χ2v) is 5.89. The number of nitrogen functional groups attached to an aromatic ring is 1. The Morgan fingerprint density at radius 3 is 2.65 bits per heavy atom. The Kier molecular flexibility index (Phi) is 4.55. The summed E-state index contributed by atoms with van der Waals surface area (Å²) in [5.74, 6) is 1.71. The largest absolute Gasteiger partial charge is 0.496 e. The molecule has 0 bridgehead atoms. The molecule has 3 nitrogen and oxygen atoms in total. The second-order valence-electron chi connectivity index (χ2n) is 4.88. The van der Waals surface area contributed by atoms with Crippen molar-refractivity contribution in [3.05, 3.63) is 46.8 Å². The minimum atomic E-state index is 0.787. The summed E-state index contributed by atoms with van der Waals surface area (Å²) in [7, 11) is 1.70. The highest BCUT2D eigenvalue weighted by molar-refractivity contribution is 7.98. The summed E-state index contributed by atoms with van der Waals surface area (Å²) in [5.41, 5.74) is 11.2. The van der Waals surface area contributed by atoms with E-state index >= 15 is 0 Å². The van der Waals surface area contributed by atoms with E-state index in [1.165, 1.54) is 5.56 Å². The first-order chi connectivity index (χ1) is 9.52. The molecule has 106 valence electrons. The summed E-state index contributed by atoms with van der Waals surface area (Å²) in [6.07, 6.45) is 1.86. The zero-order chi connectivity index (χ0) is 14.7. The van der Waals surface area contributed by atoms with Gasteiger partial charge in [0.15, 0.2) is 0 Å². The molecule has 1 aromatic heterocycles. The molecule has 0 amide bonds. The summed E-state index contributed by atoms with van der Waals surface area (Å²) in [5, 5.41) is 0. The predicted molar refractivity (Wildman–Crippen MR) is 85.4 cm³/mol. The molecule has 0 atom stereocenters. The van der Waals surface area contributed by atoms with Crippen LogP contribution in [0.4, 0.5) is 5.69 Å². The van der Waals surface area contributed by atoms with Gasteiger partial charge in [0.05, 0.1) is 12.8 Å². The number of methoxy groups -OCH3 is 1. The van der Waals surface area contributed by atoms with Gasteiger partial charge in [-0.25, -0.2) is 0 Å². The molecule has 1 aromatic carbocycles. The summed E-state index contributed by atoms with van der Waals surface area (Å²) in [4.78, 5) is 5.60. The maximum absolute atomic E-state index is 6.04. The molecule has 2 N–H and O–H groups in total. The maximum atomic E-state index is 6.04. The van der Waals surface area contributed by atoms with Crippen LogP contribution >= 0.6 is 11.8 Å². The van der Waals surface area contributed by atoms with Crippen molar-refractivity contribution in [2.75, 3.05) is 12.8 Å². The van der Waals surface area contributed by atoms with Gasteiger partial charge in [0, 0.05) is 33.7 Å². The number of thioether (sulfide) groups is 1. The van der Waals surface area contributed by atoms with Crippen molar-refractivity contribution in [2.24, 2.45) is 0 Å². The van der Waals surface area contributed by atoms with Gasteiger partial charge < -0.3 is 10.5 Å². The van der Waals surface area contributed by atoms with Gasteiger partial charge in [-0.3, -0.25) is 4.98 Å². The minimum Gasteiger partial charge on any atom is -0.496 e. The highest BCUT2D eigenvalue weighted by Gasteiger charge is 2.10. The van der Waals surface area contributed by atoms with E-state index in [0.29, 0.717) is 0 Å². The van der Waals surface area contributed by atoms with Crippen molar-refractivity contribution in [1.29, 1.82) is 0 Å². The molecule has 0 aliphatic rings. The molecule has 4 heteroatoms. The standard InChI is InChI=1S/C16H20N2OS/c1-10-5-6-15(13(17)7-10)20-9-14-12(3)16(19-4)11(2)8-18-14/h5-8H,9,17H2,1-4H3. The van der Waals surface area contributed by atoms with E-state index in [9.17, 15) is 0 Å². The number of benzene rings is 1. The molecule has 2 aromatic rings. The fourth-order valence-corrected chi connectivity index (χ4v) is 3.14. The van der Waals surface area contributed by atoms with Crippen molar-refractivity contribution in [1.82, 2.24) is 4.98 Å². The lowest BCUT2D eigenvalue weighted by molar-refractivity contribution is 0.407.